The molecule has 0 atom stereocenters. The molecule has 1 aromatic carbocycles. The number of ether oxygens (including phenoxy) is 1. The Morgan fingerprint density at radius 2 is 1.95 bits per heavy atom. The molecule has 0 aromatic heterocycles. The maximum atomic E-state index is 11.6. The van der Waals surface area contributed by atoms with E-state index in [-0.39, 0.29) is 11.2 Å². The van der Waals surface area contributed by atoms with E-state index in [1.54, 1.807) is 30.0 Å². The highest BCUT2D eigenvalue weighted by atomic mass is 35.5. The van der Waals surface area contributed by atoms with Crippen molar-refractivity contribution in [2.45, 2.75) is 26.7 Å². The molecule has 0 saturated heterocycles. The standard InChI is InChI=1S/C18H19ClO2S/c1-18(2)12-15(20)11-17(13-18)22-10-4-3-9-21-16-7-5-14(19)6-8-16/h5-8,11H,9-10,12-13H2,1-2H3. The van der Waals surface area contributed by atoms with Crippen LogP contribution < -0.4 is 4.74 Å². The van der Waals surface area contributed by atoms with E-state index in [1.807, 2.05) is 12.1 Å². The summed E-state index contributed by atoms with van der Waals surface area (Å²) in [7, 11) is 0. The predicted molar refractivity (Wildman–Crippen MR) is 93.3 cm³/mol. The van der Waals surface area contributed by atoms with Gasteiger partial charge in [0.1, 0.15) is 12.4 Å². The van der Waals surface area contributed by atoms with Gasteiger partial charge in [-0.3, -0.25) is 4.79 Å². The second-order valence-corrected chi connectivity index (χ2v) is 7.52. The van der Waals surface area contributed by atoms with Gasteiger partial charge in [-0.05, 0) is 47.1 Å². The number of allylic oxidation sites excluding steroid dienone is 2. The van der Waals surface area contributed by atoms with Crippen molar-refractivity contribution in [2.75, 3.05) is 12.4 Å². The molecule has 0 saturated carbocycles. The van der Waals surface area contributed by atoms with Crippen LogP contribution in [0.5, 0.6) is 5.75 Å². The van der Waals surface area contributed by atoms with Crippen molar-refractivity contribution < 1.29 is 9.53 Å². The predicted octanol–water partition coefficient (Wildman–Crippen LogP) is 4.73. The lowest BCUT2D eigenvalue weighted by atomic mass is 9.80. The summed E-state index contributed by atoms with van der Waals surface area (Å²) in [5.41, 5.74) is 0.0687. The molecular formula is C18H19ClO2S. The number of carbonyl (C=O) groups is 1. The first-order valence-electron chi connectivity index (χ1n) is 7.15. The van der Waals surface area contributed by atoms with Gasteiger partial charge in [0.15, 0.2) is 5.78 Å². The van der Waals surface area contributed by atoms with Crippen LogP contribution >= 0.6 is 23.4 Å². The highest BCUT2D eigenvalue weighted by molar-refractivity contribution is 8.03. The van der Waals surface area contributed by atoms with Gasteiger partial charge in [-0.1, -0.05) is 37.3 Å². The highest BCUT2D eigenvalue weighted by Gasteiger charge is 2.27. The molecule has 22 heavy (non-hydrogen) atoms. The van der Waals surface area contributed by atoms with Crippen LogP contribution in [0.15, 0.2) is 35.2 Å². The van der Waals surface area contributed by atoms with Gasteiger partial charge in [0.05, 0.1) is 5.75 Å². The first-order chi connectivity index (χ1) is 10.4. The Kier molecular flexibility index (Phi) is 5.99. The molecule has 0 aliphatic heterocycles. The van der Waals surface area contributed by atoms with Crippen molar-refractivity contribution in [1.29, 1.82) is 0 Å². The fourth-order valence-electron chi connectivity index (χ4n) is 2.26. The molecule has 0 N–H and O–H groups in total. The molecular weight excluding hydrogens is 316 g/mol. The smallest absolute Gasteiger partial charge is 0.157 e. The van der Waals surface area contributed by atoms with Gasteiger partial charge in [0.2, 0.25) is 0 Å². The van der Waals surface area contributed by atoms with Crippen LogP contribution in [0.1, 0.15) is 26.7 Å². The summed E-state index contributed by atoms with van der Waals surface area (Å²) in [6, 6.07) is 7.21. The van der Waals surface area contributed by atoms with Crippen molar-refractivity contribution in [2.24, 2.45) is 5.41 Å². The van der Waals surface area contributed by atoms with E-state index in [4.69, 9.17) is 16.3 Å². The van der Waals surface area contributed by atoms with Crippen LogP contribution in [-0.2, 0) is 4.79 Å². The lowest BCUT2D eigenvalue weighted by molar-refractivity contribution is -0.116. The Hall–Kier alpha value is -1.37. The maximum absolute atomic E-state index is 11.6. The van der Waals surface area contributed by atoms with E-state index in [2.05, 4.69) is 25.7 Å². The Morgan fingerprint density at radius 3 is 2.64 bits per heavy atom. The van der Waals surface area contributed by atoms with Crippen LogP contribution in [0.25, 0.3) is 0 Å². The third-order valence-corrected chi connectivity index (χ3v) is 4.38. The van der Waals surface area contributed by atoms with Crippen LogP contribution in [0.4, 0.5) is 0 Å². The lowest BCUT2D eigenvalue weighted by Crippen LogP contribution is -2.20. The Labute approximate surface area is 141 Å². The lowest BCUT2D eigenvalue weighted by Gasteiger charge is -2.28. The number of carbonyl (C=O) groups excluding carboxylic acids is 1. The average Bonchev–Trinajstić information content (AvgIpc) is 2.42. The third-order valence-electron chi connectivity index (χ3n) is 3.21. The average molecular weight is 335 g/mol. The third kappa shape index (κ3) is 5.79. The quantitative estimate of drug-likeness (QED) is 0.745. The van der Waals surface area contributed by atoms with Crippen molar-refractivity contribution in [3.8, 4) is 17.6 Å². The summed E-state index contributed by atoms with van der Waals surface area (Å²) in [5.74, 6) is 7.71. The molecule has 0 heterocycles. The maximum Gasteiger partial charge on any atom is 0.157 e. The van der Waals surface area contributed by atoms with Gasteiger partial charge in [-0.2, -0.15) is 0 Å². The van der Waals surface area contributed by atoms with Gasteiger partial charge in [-0.15, -0.1) is 11.8 Å². The monoisotopic (exact) mass is 334 g/mol. The fraction of sp³-hybridized carbons (Fsp3) is 0.389. The molecule has 0 fully saturated rings. The van der Waals surface area contributed by atoms with Gasteiger partial charge < -0.3 is 4.74 Å². The number of hydrogen-bond donors (Lipinski definition) is 0. The van der Waals surface area contributed by atoms with Crippen LogP contribution in [0, 0.1) is 17.3 Å². The summed E-state index contributed by atoms with van der Waals surface area (Å²) in [5, 5.41) is 0.688. The van der Waals surface area contributed by atoms with Crippen molar-refractivity contribution >= 4 is 29.1 Å². The Bertz CT molecular complexity index is 621. The zero-order valence-electron chi connectivity index (χ0n) is 12.8. The molecule has 116 valence electrons. The molecule has 0 radical (unpaired) electrons. The molecule has 0 amide bonds. The SMILES string of the molecule is CC1(C)CC(=O)C=C(SCC#CCOc2ccc(Cl)cc2)C1. The van der Waals surface area contributed by atoms with E-state index in [9.17, 15) is 4.79 Å². The number of rotatable bonds is 4. The zero-order chi connectivity index (χ0) is 16.0. The Morgan fingerprint density at radius 1 is 1.23 bits per heavy atom. The summed E-state index contributed by atoms with van der Waals surface area (Å²) in [4.78, 5) is 12.8. The molecule has 2 nitrogen and oxygen atoms in total. The van der Waals surface area contributed by atoms with Gasteiger partial charge in [0.25, 0.3) is 0 Å². The van der Waals surface area contributed by atoms with Crippen LogP contribution in [-0.4, -0.2) is 18.1 Å². The highest BCUT2D eigenvalue weighted by Crippen LogP contribution is 2.38. The minimum Gasteiger partial charge on any atom is -0.481 e. The minimum absolute atomic E-state index is 0.0687. The number of thioether (sulfide) groups is 1. The number of benzene rings is 1. The van der Waals surface area contributed by atoms with Crippen LogP contribution in [0.3, 0.4) is 0 Å². The van der Waals surface area contributed by atoms with E-state index in [0.717, 1.165) is 17.1 Å². The number of halogens is 1. The minimum atomic E-state index is 0.0687. The zero-order valence-corrected chi connectivity index (χ0v) is 14.4. The molecule has 0 unspecified atom stereocenters. The topological polar surface area (TPSA) is 26.3 Å². The summed E-state index contributed by atoms with van der Waals surface area (Å²) >= 11 is 7.45. The molecule has 2 rings (SSSR count). The molecule has 0 bridgehead atoms. The van der Waals surface area contributed by atoms with Crippen LogP contribution in [0.2, 0.25) is 5.02 Å². The van der Waals surface area contributed by atoms with Gasteiger partial charge >= 0.3 is 0 Å². The van der Waals surface area contributed by atoms with Gasteiger partial charge in [-0.25, -0.2) is 0 Å². The van der Waals surface area contributed by atoms with Gasteiger partial charge in [0, 0.05) is 11.4 Å². The second kappa shape index (κ2) is 7.76. The number of ketones is 1. The van der Waals surface area contributed by atoms with E-state index in [0.29, 0.717) is 23.8 Å². The Balaban J connectivity index is 1.73. The largest absolute Gasteiger partial charge is 0.481 e. The first-order valence-corrected chi connectivity index (χ1v) is 8.51. The van der Waals surface area contributed by atoms with Crippen molar-refractivity contribution in [3.63, 3.8) is 0 Å². The van der Waals surface area contributed by atoms with Crippen molar-refractivity contribution in [1.82, 2.24) is 0 Å². The second-order valence-electron chi connectivity index (χ2n) is 5.98. The molecule has 0 spiro atoms. The summed E-state index contributed by atoms with van der Waals surface area (Å²) in [6.45, 7) is 4.61. The molecule has 1 aromatic rings. The normalized spacial score (nSPS) is 16.5. The summed E-state index contributed by atoms with van der Waals surface area (Å²) in [6.07, 6.45) is 3.35. The molecule has 1 aliphatic carbocycles. The first kappa shape index (κ1) is 17.0. The van der Waals surface area contributed by atoms with E-state index >= 15 is 0 Å². The number of hydrogen-bond acceptors (Lipinski definition) is 3. The van der Waals surface area contributed by atoms with E-state index in [1.165, 1.54) is 0 Å². The van der Waals surface area contributed by atoms with Crippen molar-refractivity contribution in [3.05, 3.63) is 40.3 Å². The molecule has 4 heteroatoms. The van der Waals surface area contributed by atoms with E-state index < -0.39 is 0 Å². The summed E-state index contributed by atoms with van der Waals surface area (Å²) < 4.78 is 5.49. The molecule has 1 aliphatic rings. The fourth-order valence-corrected chi connectivity index (χ4v) is 3.45.